The second-order valence-electron chi connectivity index (χ2n) is 11.2. The molecular weight excluding hydrogens is 695 g/mol. The molecule has 0 saturated carbocycles. The molecule has 0 fully saturated rings. The van der Waals surface area contributed by atoms with Crippen molar-refractivity contribution in [2.75, 3.05) is 0 Å². The molecule has 52 heavy (non-hydrogen) atoms. The molecule has 2 N–H and O–H groups in total. The molecule has 0 saturated heterocycles. The summed E-state index contributed by atoms with van der Waals surface area (Å²) in [7, 11) is -4.20. The Morgan fingerprint density at radius 1 is 0.365 bits per heavy atom. The third-order valence-electron chi connectivity index (χ3n) is 7.68. The van der Waals surface area contributed by atoms with Gasteiger partial charge in [-0.15, -0.1) is 0 Å². The van der Waals surface area contributed by atoms with Crippen LogP contribution in [0.1, 0.15) is 0 Å². The Morgan fingerprint density at radius 3 is 0.846 bits per heavy atom. The molecule has 0 aromatic heterocycles. The van der Waals surface area contributed by atoms with E-state index < -0.39 is 53.9 Å². The van der Waals surface area contributed by atoms with Gasteiger partial charge in [0.1, 0.15) is 5.75 Å². The maximum Gasteiger partial charge on any atom is 0.707 e. The highest BCUT2D eigenvalue weighted by Crippen LogP contribution is 2.24. The first-order chi connectivity index (χ1) is 25.3. The Hall–Kier alpha value is -5.52. The van der Waals surface area contributed by atoms with Crippen molar-refractivity contribution >= 4 is 56.0 Å². The molecule has 10 heteroatoms. The first kappa shape index (κ1) is 37.7. The zero-order chi connectivity index (χ0) is 36.7. The molecule has 7 aromatic rings. The van der Waals surface area contributed by atoms with Gasteiger partial charge in [-0.05, 0) is 0 Å². The van der Waals surface area contributed by atoms with Crippen LogP contribution >= 0.6 is 0 Å². The topological polar surface area (TPSA) is 49.7 Å². The van der Waals surface area contributed by atoms with Crippen LogP contribution in [0, 0.1) is 23.3 Å². The summed E-state index contributed by atoms with van der Waals surface area (Å²) in [6.45, 7) is 0. The third-order valence-corrected chi connectivity index (χ3v) is 13.1. The van der Waals surface area contributed by atoms with Gasteiger partial charge in [-0.1, -0.05) is 213 Å². The molecule has 0 heterocycles. The molecule has 0 atom stereocenters. The summed E-state index contributed by atoms with van der Waals surface area (Å²) in [5, 5.41) is 25.0. The van der Waals surface area contributed by atoms with Gasteiger partial charge in [-0.2, -0.15) is 4.39 Å². The van der Waals surface area contributed by atoms with Gasteiger partial charge in [0.15, 0.2) is 29.2 Å². The normalized spacial score (nSPS) is 10.5. The molecule has 0 amide bonds. The van der Waals surface area contributed by atoms with E-state index in [4.69, 9.17) is 10.0 Å². The lowest BCUT2D eigenvalue weighted by Gasteiger charge is -2.16. The Morgan fingerprint density at radius 2 is 0.615 bits per heavy atom. The zero-order valence-corrected chi connectivity index (χ0v) is 29.8. The summed E-state index contributed by atoms with van der Waals surface area (Å²) < 4.78 is 53.8. The van der Waals surface area contributed by atoms with Crippen molar-refractivity contribution in [2.24, 2.45) is 0 Å². The van der Waals surface area contributed by atoms with Gasteiger partial charge in [0.25, 0.3) is 0 Å². The Kier molecular flexibility index (Phi) is 13.9. The van der Waals surface area contributed by atoms with Crippen molar-refractivity contribution in [1.29, 1.82) is 0 Å². The van der Waals surface area contributed by atoms with Gasteiger partial charge < -0.3 is 14.7 Å². The van der Waals surface area contributed by atoms with E-state index in [1.807, 2.05) is 0 Å². The third kappa shape index (κ3) is 10.3. The van der Waals surface area contributed by atoms with Crippen LogP contribution in [-0.4, -0.2) is 35.0 Å². The summed E-state index contributed by atoms with van der Waals surface area (Å²) in [4.78, 5) is 0. The Balaban J connectivity index is 0.000000153. The van der Waals surface area contributed by atoms with Gasteiger partial charge in [-0.3, -0.25) is 0 Å². The average Bonchev–Trinajstić information content (AvgIpc) is 3.19. The van der Waals surface area contributed by atoms with Gasteiger partial charge in [0.05, 0.1) is 0 Å². The van der Waals surface area contributed by atoms with Crippen LogP contribution in [0.4, 0.5) is 17.6 Å². The molecule has 0 unspecified atom stereocenters. The summed E-state index contributed by atoms with van der Waals surface area (Å²) in [5.74, 6) is -8.74. The van der Waals surface area contributed by atoms with Crippen LogP contribution in [-0.2, 0) is 0 Å². The minimum atomic E-state index is -2.45. The van der Waals surface area contributed by atoms with Crippen LogP contribution in [0.25, 0.3) is 0 Å². The monoisotopic (exact) mass is 728 g/mol. The smallest absolute Gasteiger partial charge is 0.509 e. The predicted molar refractivity (Wildman–Crippen MR) is 205 cm³/mol. The molecule has 0 aliphatic carbocycles. The number of hydrogen-bond acceptors (Lipinski definition) is 3. The van der Waals surface area contributed by atoms with E-state index in [1.54, 1.807) is 0 Å². The summed E-state index contributed by atoms with van der Waals surface area (Å²) in [6, 6.07) is 65.2. The highest BCUT2D eigenvalue weighted by atomic mass is 28.3. The lowest BCUT2D eigenvalue weighted by molar-refractivity contribution is 0.276. The average molecular weight is 729 g/mol. The zero-order valence-electron chi connectivity index (χ0n) is 27.8. The van der Waals surface area contributed by atoms with Crippen molar-refractivity contribution in [3.63, 3.8) is 0 Å². The highest BCUT2D eigenvalue weighted by Gasteiger charge is 2.23. The SMILES string of the molecule is OB(O)Oc1cc(F)c(F)c(F)c1F.c1ccc([Si](c2ccccc2)c2ccccc2)cc1.c1ccc([Si](c2ccccc2)c2ccccc2)cc1. The molecule has 258 valence electrons. The minimum absolute atomic E-state index is 0.160. The molecule has 7 aromatic carbocycles. The number of rotatable bonds is 8. The molecule has 0 aliphatic heterocycles. The number of halogens is 4. The number of benzene rings is 7. The summed E-state index contributed by atoms with van der Waals surface area (Å²) in [5.41, 5.74) is 0. The van der Waals surface area contributed by atoms with Crippen molar-refractivity contribution < 1.29 is 32.3 Å². The van der Waals surface area contributed by atoms with Crippen LogP contribution < -0.4 is 35.8 Å². The predicted octanol–water partition coefficient (Wildman–Crippen LogP) is 5.00. The Labute approximate surface area is 304 Å². The van der Waals surface area contributed by atoms with Crippen molar-refractivity contribution in [3.05, 3.63) is 211 Å². The van der Waals surface area contributed by atoms with Crippen molar-refractivity contribution in [1.82, 2.24) is 0 Å². The molecule has 0 spiro atoms. The minimum Gasteiger partial charge on any atom is -0.509 e. The van der Waals surface area contributed by atoms with E-state index in [2.05, 4.69) is 187 Å². The molecule has 2 radical (unpaired) electrons. The maximum absolute atomic E-state index is 12.7. The van der Waals surface area contributed by atoms with Crippen LogP contribution in [0.2, 0.25) is 0 Å². The van der Waals surface area contributed by atoms with Gasteiger partial charge in [-0.25, -0.2) is 13.2 Å². The molecular formula is C42H33BF4O3Si2. The fourth-order valence-electron chi connectivity index (χ4n) is 5.38. The van der Waals surface area contributed by atoms with Crippen LogP contribution in [0.5, 0.6) is 5.75 Å². The van der Waals surface area contributed by atoms with Gasteiger partial charge in [0.2, 0.25) is 11.6 Å². The van der Waals surface area contributed by atoms with Crippen LogP contribution in [0.3, 0.4) is 0 Å². The largest absolute Gasteiger partial charge is 0.707 e. The van der Waals surface area contributed by atoms with Gasteiger partial charge >= 0.3 is 7.32 Å². The van der Waals surface area contributed by atoms with E-state index >= 15 is 0 Å². The lowest BCUT2D eigenvalue weighted by atomic mass is 10.2. The second-order valence-corrected chi connectivity index (χ2v) is 16.2. The van der Waals surface area contributed by atoms with E-state index in [-0.39, 0.29) is 6.07 Å². The standard InChI is InChI=1S/2C18H15Si.C6H3BF4O3/c2*1-4-10-16(11-5-1)19(17-12-6-2-7-13-17)18-14-8-3-9-15-18;8-2-1-3(14-7(12)13)5(10)6(11)4(2)9/h2*1-15H;1,12-13H. The maximum atomic E-state index is 12.7. The molecule has 0 aliphatic rings. The van der Waals surface area contributed by atoms with Crippen LogP contribution in [0.15, 0.2) is 188 Å². The fraction of sp³-hybridized carbons (Fsp3) is 0. The molecule has 3 nitrogen and oxygen atoms in total. The van der Waals surface area contributed by atoms with E-state index in [1.165, 1.54) is 31.1 Å². The lowest BCUT2D eigenvalue weighted by Crippen LogP contribution is -2.51. The van der Waals surface area contributed by atoms with Gasteiger partial charge in [0, 0.05) is 6.07 Å². The summed E-state index contributed by atoms with van der Waals surface area (Å²) in [6.07, 6.45) is 0. The molecule has 7 rings (SSSR count). The molecule has 0 bridgehead atoms. The van der Waals surface area contributed by atoms with E-state index in [0.29, 0.717) is 0 Å². The van der Waals surface area contributed by atoms with Crippen molar-refractivity contribution in [2.45, 2.75) is 0 Å². The van der Waals surface area contributed by atoms with E-state index in [9.17, 15) is 17.6 Å². The Bertz CT molecular complexity index is 1780. The summed E-state index contributed by atoms with van der Waals surface area (Å²) >= 11 is 0. The van der Waals surface area contributed by atoms with E-state index in [0.717, 1.165) is 0 Å². The second kappa shape index (κ2) is 19.2. The highest BCUT2D eigenvalue weighted by molar-refractivity contribution is 6.96. The fourth-order valence-corrected chi connectivity index (χ4v) is 10.5. The number of hydrogen-bond donors (Lipinski definition) is 2. The quantitative estimate of drug-likeness (QED) is 0.0763. The van der Waals surface area contributed by atoms with Crippen molar-refractivity contribution in [3.8, 4) is 5.75 Å². The first-order valence-electron chi connectivity index (χ1n) is 16.3. The first-order valence-corrected chi connectivity index (χ1v) is 19.3.